The first kappa shape index (κ1) is 23.5. The first-order chi connectivity index (χ1) is 17.5. The number of rotatable bonds is 6. The average Bonchev–Trinajstić information content (AvgIpc) is 3.59. The van der Waals surface area contributed by atoms with Gasteiger partial charge in [-0.15, -0.1) is 11.3 Å². The fourth-order valence-corrected chi connectivity index (χ4v) is 7.88. The Balaban J connectivity index is 1.19. The van der Waals surface area contributed by atoms with Crippen LogP contribution in [0.15, 0.2) is 58.5 Å². The van der Waals surface area contributed by atoms with E-state index in [1.54, 1.807) is 28.0 Å². The Morgan fingerprint density at radius 3 is 2.75 bits per heavy atom. The lowest BCUT2D eigenvalue weighted by molar-refractivity contribution is 0.206. The van der Waals surface area contributed by atoms with Crippen molar-refractivity contribution in [1.82, 2.24) is 28.6 Å². The van der Waals surface area contributed by atoms with E-state index >= 15 is 0 Å². The van der Waals surface area contributed by atoms with Crippen LogP contribution in [0.5, 0.6) is 0 Å². The van der Waals surface area contributed by atoms with Gasteiger partial charge in [0.05, 0.1) is 17.4 Å². The highest BCUT2D eigenvalue weighted by Crippen LogP contribution is 2.33. The zero-order valence-electron chi connectivity index (χ0n) is 20.2. The summed E-state index contributed by atoms with van der Waals surface area (Å²) < 4.78 is 29.8. The summed E-state index contributed by atoms with van der Waals surface area (Å²) >= 11 is 1.26. The minimum absolute atomic E-state index is 0.288. The fraction of sp³-hybridized carbons (Fsp3) is 0.400. The lowest BCUT2D eigenvalue weighted by Crippen LogP contribution is -2.49. The molecule has 0 saturated carbocycles. The summed E-state index contributed by atoms with van der Waals surface area (Å²) in [6, 6.07) is 9.86. The molecule has 0 spiro atoms. The van der Waals surface area contributed by atoms with Crippen LogP contribution in [0.1, 0.15) is 35.8 Å². The van der Waals surface area contributed by atoms with Gasteiger partial charge in [-0.05, 0) is 55.5 Å². The molecule has 0 radical (unpaired) electrons. The van der Waals surface area contributed by atoms with E-state index in [1.807, 2.05) is 22.7 Å². The van der Waals surface area contributed by atoms with Crippen molar-refractivity contribution in [3.05, 3.63) is 71.3 Å². The van der Waals surface area contributed by atoms with Crippen LogP contribution in [-0.2, 0) is 23.0 Å². The van der Waals surface area contributed by atoms with Crippen LogP contribution >= 0.6 is 11.3 Å². The van der Waals surface area contributed by atoms with Crippen LogP contribution in [-0.4, -0.2) is 70.2 Å². The number of aromatic nitrogens is 4. The van der Waals surface area contributed by atoms with Crippen molar-refractivity contribution < 1.29 is 8.42 Å². The Morgan fingerprint density at radius 2 is 1.94 bits per heavy atom. The summed E-state index contributed by atoms with van der Waals surface area (Å²) in [6.07, 6.45) is 9.09. The summed E-state index contributed by atoms with van der Waals surface area (Å²) in [5.74, 6) is 0.798. The molecule has 6 rings (SSSR count). The third-order valence-electron chi connectivity index (χ3n) is 7.13. The van der Waals surface area contributed by atoms with E-state index < -0.39 is 10.0 Å². The van der Waals surface area contributed by atoms with Gasteiger partial charge in [-0.3, -0.25) is 14.3 Å². The summed E-state index contributed by atoms with van der Waals surface area (Å²) in [7, 11) is -1.29. The highest BCUT2D eigenvalue weighted by atomic mass is 32.2. The van der Waals surface area contributed by atoms with Crippen LogP contribution in [0.25, 0.3) is 5.65 Å². The summed E-state index contributed by atoms with van der Waals surface area (Å²) in [5.41, 5.74) is 4.36. The predicted molar refractivity (Wildman–Crippen MR) is 140 cm³/mol. The van der Waals surface area contributed by atoms with E-state index in [0.717, 1.165) is 30.1 Å². The quantitative estimate of drug-likeness (QED) is 0.384. The second-order valence-corrected chi connectivity index (χ2v) is 12.5. The maximum Gasteiger partial charge on any atom is 0.252 e. The number of fused-ring (bicyclic) bond motifs is 2. The molecule has 1 saturated heterocycles. The van der Waals surface area contributed by atoms with Gasteiger partial charge in [0.15, 0.2) is 0 Å². The zero-order chi connectivity index (χ0) is 24.7. The molecular weight excluding hydrogens is 494 g/mol. The van der Waals surface area contributed by atoms with Gasteiger partial charge in [0.25, 0.3) is 10.0 Å². The lowest BCUT2D eigenvalue weighted by Gasteiger charge is -2.34. The van der Waals surface area contributed by atoms with Gasteiger partial charge in [0.2, 0.25) is 5.95 Å². The van der Waals surface area contributed by atoms with E-state index in [9.17, 15) is 8.42 Å². The molecule has 5 heterocycles. The minimum atomic E-state index is -3.43. The molecule has 0 bridgehead atoms. The molecule has 1 aliphatic heterocycles. The number of hydrogen-bond donors (Lipinski definition) is 0. The first-order valence-electron chi connectivity index (χ1n) is 12.3. The van der Waals surface area contributed by atoms with E-state index in [2.05, 4.69) is 34.1 Å². The molecular formula is C25H29N7O2S2. The standard InChI is InChI=1S/C25H29N7O2S2/c1-29(21-7-2-5-19-6-3-10-26-24(19)21)17-20-18-32-22(28-20)9-11-27-25(32)30-12-14-31(15-13-30)36(33,34)23-8-4-16-35-23/h3-4,6,8-11,16,18,21H,2,5,7,12-15,17H2,1H3. The van der Waals surface area contributed by atoms with Gasteiger partial charge in [-0.1, -0.05) is 12.1 Å². The van der Waals surface area contributed by atoms with Crippen molar-refractivity contribution in [2.75, 3.05) is 38.1 Å². The van der Waals surface area contributed by atoms with Gasteiger partial charge in [-0.2, -0.15) is 4.31 Å². The molecule has 11 heteroatoms. The van der Waals surface area contributed by atoms with Crippen LogP contribution < -0.4 is 4.90 Å². The van der Waals surface area contributed by atoms with Gasteiger partial charge >= 0.3 is 0 Å². The largest absolute Gasteiger partial charge is 0.339 e. The first-order valence-corrected chi connectivity index (χ1v) is 14.6. The fourth-order valence-electron chi connectivity index (χ4n) is 5.31. The lowest BCUT2D eigenvalue weighted by atomic mass is 9.91. The third-order valence-corrected chi connectivity index (χ3v) is 10.4. The van der Waals surface area contributed by atoms with Crippen LogP contribution in [0, 0.1) is 0 Å². The molecule has 2 aliphatic rings. The molecule has 1 fully saturated rings. The highest BCUT2D eigenvalue weighted by molar-refractivity contribution is 7.91. The number of nitrogens with zero attached hydrogens (tertiary/aromatic N) is 7. The van der Waals surface area contributed by atoms with Crippen LogP contribution in [0.3, 0.4) is 0 Å². The zero-order valence-corrected chi connectivity index (χ0v) is 21.8. The summed E-state index contributed by atoms with van der Waals surface area (Å²) in [5, 5.41) is 1.80. The molecule has 9 nitrogen and oxygen atoms in total. The van der Waals surface area contributed by atoms with E-state index in [4.69, 9.17) is 9.97 Å². The van der Waals surface area contributed by atoms with Crippen molar-refractivity contribution in [3.63, 3.8) is 0 Å². The Labute approximate surface area is 215 Å². The molecule has 36 heavy (non-hydrogen) atoms. The number of hydrogen-bond acceptors (Lipinski definition) is 8. The predicted octanol–water partition coefficient (Wildman–Crippen LogP) is 3.21. The van der Waals surface area contributed by atoms with Crippen molar-refractivity contribution in [2.24, 2.45) is 0 Å². The average molecular weight is 524 g/mol. The van der Waals surface area contributed by atoms with Gasteiger partial charge in [0.1, 0.15) is 9.86 Å². The van der Waals surface area contributed by atoms with Gasteiger partial charge in [-0.25, -0.2) is 18.4 Å². The van der Waals surface area contributed by atoms with Gasteiger partial charge < -0.3 is 4.90 Å². The molecule has 188 valence electrons. The number of sulfonamides is 1. The maximum atomic E-state index is 12.9. The second-order valence-electron chi connectivity index (χ2n) is 9.40. The summed E-state index contributed by atoms with van der Waals surface area (Å²) in [4.78, 5) is 18.7. The monoisotopic (exact) mass is 523 g/mol. The normalized spacial score (nSPS) is 19.2. The molecule has 0 amide bonds. The number of aryl methyl sites for hydroxylation is 1. The van der Waals surface area contributed by atoms with Crippen molar-refractivity contribution in [3.8, 4) is 0 Å². The van der Waals surface area contributed by atoms with Crippen molar-refractivity contribution >= 4 is 33.0 Å². The van der Waals surface area contributed by atoms with Gasteiger partial charge in [0, 0.05) is 51.3 Å². The molecule has 1 unspecified atom stereocenters. The van der Waals surface area contributed by atoms with Crippen molar-refractivity contribution in [2.45, 2.75) is 36.1 Å². The number of pyridine rings is 1. The second kappa shape index (κ2) is 9.55. The number of imidazole rings is 1. The van der Waals surface area contributed by atoms with Crippen molar-refractivity contribution in [1.29, 1.82) is 0 Å². The Hall–Kier alpha value is -2.86. The van der Waals surface area contributed by atoms with E-state index in [1.165, 1.54) is 29.0 Å². The van der Waals surface area contributed by atoms with Crippen LogP contribution in [0.2, 0.25) is 0 Å². The summed E-state index contributed by atoms with van der Waals surface area (Å²) in [6.45, 7) is 2.73. The molecule has 4 aromatic rings. The third kappa shape index (κ3) is 4.30. The smallest absolute Gasteiger partial charge is 0.252 e. The molecule has 0 N–H and O–H groups in total. The Morgan fingerprint density at radius 1 is 1.08 bits per heavy atom. The Kier molecular flexibility index (Phi) is 6.24. The topological polar surface area (TPSA) is 86.9 Å². The van der Waals surface area contributed by atoms with E-state index in [-0.39, 0.29) is 6.04 Å². The van der Waals surface area contributed by atoms with E-state index in [0.29, 0.717) is 36.9 Å². The number of anilines is 1. The SMILES string of the molecule is CN(Cc1cn2c(N3CCN(S(=O)(=O)c4cccs4)CC3)nccc2n1)C1CCCc2cccnc21. The minimum Gasteiger partial charge on any atom is -0.339 e. The maximum absolute atomic E-state index is 12.9. The Bertz CT molecular complexity index is 1460. The molecule has 1 aliphatic carbocycles. The van der Waals surface area contributed by atoms with Crippen LogP contribution in [0.4, 0.5) is 5.95 Å². The highest BCUT2D eigenvalue weighted by Gasteiger charge is 2.30. The number of piperazine rings is 1. The number of thiophene rings is 1. The molecule has 0 aromatic carbocycles. The molecule has 4 aromatic heterocycles. The molecule has 1 atom stereocenters.